The number of piperazine rings is 1. The van der Waals surface area contributed by atoms with Crippen LogP contribution in [0.3, 0.4) is 0 Å². The second kappa shape index (κ2) is 8.19. The van der Waals surface area contributed by atoms with Crippen molar-refractivity contribution in [1.82, 2.24) is 15.5 Å². The van der Waals surface area contributed by atoms with Crippen LogP contribution in [0.25, 0.3) is 0 Å². The van der Waals surface area contributed by atoms with Gasteiger partial charge >= 0.3 is 0 Å². The van der Waals surface area contributed by atoms with E-state index in [9.17, 15) is 18.4 Å². The Labute approximate surface area is 140 Å². The van der Waals surface area contributed by atoms with Gasteiger partial charge in [0.05, 0.1) is 5.56 Å². The highest BCUT2D eigenvalue weighted by Crippen LogP contribution is 2.12. The molecule has 1 aliphatic rings. The van der Waals surface area contributed by atoms with Crippen LogP contribution in [-0.4, -0.2) is 48.4 Å². The summed E-state index contributed by atoms with van der Waals surface area (Å²) in [4.78, 5) is 25.9. The molecule has 1 aliphatic heterocycles. The molecule has 0 saturated carbocycles. The largest absolute Gasteiger partial charge is 0.352 e. The zero-order valence-corrected chi connectivity index (χ0v) is 13.9. The average Bonchev–Trinajstić information content (AvgIpc) is 2.53. The molecule has 1 aromatic carbocycles. The van der Waals surface area contributed by atoms with Crippen LogP contribution in [0.4, 0.5) is 8.78 Å². The molecule has 1 aromatic rings. The molecule has 7 heteroatoms. The van der Waals surface area contributed by atoms with Crippen molar-refractivity contribution in [1.29, 1.82) is 0 Å². The van der Waals surface area contributed by atoms with E-state index in [1.165, 1.54) is 0 Å². The Morgan fingerprint density at radius 2 is 2.08 bits per heavy atom. The van der Waals surface area contributed by atoms with E-state index in [0.717, 1.165) is 18.7 Å². The highest BCUT2D eigenvalue weighted by molar-refractivity contribution is 5.94. The molecule has 2 atom stereocenters. The first kappa shape index (κ1) is 18.3. The Kier molecular flexibility index (Phi) is 6.25. The number of amides is 2. The third-order valence-electron chi connectivity index (χ3n) is 4.38. The van der Waals surface area contributed by atoms with Crippen molar-refractivity contribution < 1.29 is 18.4 Å². The molecule has 5 nitrogen and oxygen atoms in total. The number of hydrogen-bond donors (Lipinski definition) is 2. The number of rotatable bonds is 5. The third-order valence-corrected chi connectivity index (χ3v) is 4.38. The molecule has 0 spiro atoms. The fourth-order valence-corrected chi connectivity index (χ4v) is 2.76. The van der Waals surface area contributed by atoms with Gasteiger partial charge in [-0.3, -0.25) is 9.59 Å². The fourth-order valence-electron chi connectivity index (χ4n) is 2.76. The SMILES string of the molecule is CC1NCCN(C(=O)CCCNC(=O)c2ccc(F)cc2F)C1C. The van der Waals surface area contributed by atoms with Gasteiger partial charge in [-0.25, -0.2) is 8.78 Å². The highest BCUT2D eigenvalue weighted by atomic mass is 19.1. The zero-order valence-electron chi connectivity index (χ0n) is 13.9. The van der Waals surface area contributed by atoms with E-state index in [2.05, 4.69) is 10.6 Å². The molecule has 2 rings (SSSR count). The van der Waals surface area contributed by atoms with E-state index >= 15 is 0 Å². The summed E-state index contributed by atoms with van der Waals surface area (Å²) in [5, 5.41) is 5.87. The summed E-state index contributed by atoms with van der Waals surface area (Å²) in [5.41, 5.74) is -0.202. The lowest BCUT2D eigenvalue weighted by Gasteiger charge is -2.38. The van der Waals surface area contributed by atoms with Crippen LogP contribution in [-0.2, 0) is 4.79 Å². The van der Waals surface area contributed by atoms with Gasteiger partial charge in [0.15, 0.2) is 0 Å². The lowest BCUT2D eigenvalue weighted by molar-refractivity contribution is -0.134. The molecule has 24 heavy (non-hydrogen) atoms. The molecule has 132 valence electrons. The zero-order chi connectivity index (χ0) is 17.7. The Morgan fingerprint density at radius 1 is 1.33 bits per heavy atom. The van der Waals surface area contributed by atoms with Gasteiger partial charge in [0.2, 0.25) is 5.91 Å². The summed E-state index contributed by atoms with van der Waals surface area (Å²) in [6.45, 7) is 5.77. The standard InChI is InChI=1S/C17H23F2N3O2/c1-11-12(2)22(9-8-20-11)16(23)4-3-7-21-17(24)14-6-5-13(18)10-15(14)19/h5-6,10-12,20H,3-4,7-9H2,1-2H3,(H,21,24). The van der Waals surface area contributed by atoms with Gasteiger partial charge in [0, 0.05) is 44.2 Å². The van der Waals surface area contributed by atoms with Crippen molar-refractivity contribution in [3.8, 4) is 0 Å². The minimum absolute atomic E-state index is 0.0538. The predicted molar refractivity (Wildman–Crippen MR) is 86.6 cm³/mol. The average molecular weight is 339 g/mol. The first-order valence-electron chi connectivity index (χ1n) is 8.16. The van der Waals surface area contributed by atoms with E-state index in [4.69, 9.17) is 0 Å². The molecule has 1 heterocycles. The van der Waals surface area contributed by atoms with Gasteiger partial charge < -0.3 is 15.5 Å². The van der Waals surface area contributed by atoms with Crippen LogP contribution in [0.1, 0.15) is 37.0 Å². The molecular weight excluding hydrogens is 316 g/mol. The van der Waals surface area contributed by atoms with Crippen LogP contribution < -0.4 is 10.6 Å². The summed E-state index contributed by atoms with van der Waals surface area (Å²) >= 11 is 0. The quantitative estimate of drug-likeness (QED) is 0.803. The van der Waals surface area contributed by atoms with E-state index in [0.29, 0.717) is 25.5 Å². The Balaban J connectivity index is 1.76. The monoisotopic (exact) mass is 339 g/mol. The number of carbonyl (C=O) groups excluding carboxylic acids is 2. The number of nitrogens with one attached hydrogen (secondary N) is 2. The van der Waals surface area contributed by atoms with Crippen LogP contribution >= 0.6 is 0 Å². The minimum atomic E-state index is -0.896. The molecule has 2 N–H and O–H groups in total. The lowest BCUT2D eigenvalue weighted by Crippen LogP contribution is -2.57. The van der Waals surface area contributed by atoms with Crippen LogP contribution in [0.15, 0.2) is 18.2 Å². The number of hydrogen-bond acceptors (Lipinski definition) is 3. The summed E-state index contributed by atoms with van der Waals surface area (Å²) in [6, 6.07) is 3.20. The molecule has 2 unspecified atom stereocenters. The van der Waals surface area contributed by atoms with Gasteiger partial charge in [-0.15, -0.1) is 0 Å². The van der Waals surface area contributed by atoms with Gasteiger partial charge in [-0.1, -0.05) is 0 Å². The molecule has 0 aliphatic carbocycles. The maximum atomic E-state index is 13.5. The fraction of sp³-hybridized carbons (Fsp3) is 0.529. The van der Waals surface area contributed by atoms with Crippen LogP contribution in [0.5, 0.6) is 0 Å². The van der Waals surface area contributed by atoms with Crippen molar-refractivity contribution >= 4 is 11.8 Å². The van der Waals surface area contributed by atoms with Crippen LogP contribution in [0, 0.1) is 11.6 Å². The normalized spacial score (nSPS) is 20.8. The van der Waals surface area contributed by atoms with Gasteiger partial charge in [0.1, 0.15) is 11.6 Å². The van der Waals surface area contributed by atoms with Crippen molar-refractivity contribution in [2.45, 2.75) is 38.8 Å². The summed E-state index contributed by atoms with van der Waals surface area (Å²) < 4.78 is 26.3. The van der Waals surface area contributed by atoms with E-state index in [-0.39, 0.29) is 30.1 Å². The number of benzene rings is 1. The smallest absolute Gasteiger partial charge is 0.254 e. The van der Waals surface area contributed by atoms with E-state index < -0.39 is 17.5 Å². The van der Waals surface area contributed by atoms with Gasteiger partial charge in [0.25, 0.3) is 5.91 Å². The number of carbonyl (C=O) groups is 2. The molecule has 1 fully saturated rings. The van der Waals surface area contributed by atoms with Crippen molar-refractivity contribution in [2.75, 3.05) is 19.6 Å². The molecule has 0 bridgehead atoms. The van der Waals surface area contributed by atoms with Gasteiger partial charge in [-0.2, -0.15) is 0 Å². The van der Waals surface area contributed by atoms with E-state index in [1.807, 2.05) is 18.7 Å². The first-order valence-corrected chi connectivity index (χ1v) is 8.16. The van der Waals surface area contributed by atoms with Crippen LogP contribution in [0.2, 0.25) is 0 Å². The summed E-state index contributed by atoms with van der Waals surface area (Å²) in [6.07, 6.45) is 0.793. The van der Waals surface area contributed by atoms with Gasteiger partial charge in [-0.05, 0) is 32.4 Å². The molecule has 0 radical (unpaired) electrons. The topological polar surface area (TPSA) is 61.4 Å². The first-order chi connectivity index (χ1) is 11.4. The Bertz CT molecular complexity index is 609. The molecular formula is C17H23F2N3O2. The van der Waals surface area contributed by atoms with Crippen molar-refractivity contribution in [3.63, 3.8) is 0 Å². The van der Waals surface area contributed by atoms with E-state index in [1.54, 1.807) is 0 Å². The summed E-state index contributed by atoms with van der Waals surface area (Å²) in [7, 11) is 0. The summed E-state index contributed by atoms with van der Waals surface area (Å²) in [5.74, 6) is -2.18. The highest BCUT2D eigenvalue weighted by Gasteiger charge is 2.27. The molecule has 2 amide bonds. The maximum absolute atomic E-state index is 13.5. The lowest BCUT2D eigenvalue weighted by atomic mass is 10.1. The number of halogens is 2. The third kappa shape index (κ3) is 4.50. The second-order valence-electron chi connectivity index (χ2n) is 6.05. The number of nitrogens with zero attached hydrogens (tertiary/aromatic N) is 1. The Morgan fingerprint density at radius 3 is 2.79 bits per heavy atom. The second-order valence-corrected chi connectivity index (χ2v) is 6.05. The Hall–Kier alpha value is -2.02. The predicted octanol–water partition coefficient (Wildman–Crippen LogP) is 1.68. The molecule has 1 saturated heterocycles. The maximum Gasteiger partial charge on any atom is 0.254 e. The van der Waals surface area contributed by atoms with Crippen molar-refractivity contribution in [2.24, 2.45) is 0 Å². The minimum Gasteiger partial charge on any atom is -0.352 e. The van der Waals surface area contributed by atoms with Crippen molar-refractivity contribution in [3.05, 3.63) is 35.4 Å². The molecule has 0 aromatic heterocycles.